The Bertz CT molecular complexity index is 640. The molecule has 132 valence electrons. The lowest BCUT2D eigenvalue weighted by atomic mass is 9.89. The number of halogens is 3. The molecule has 0 radical (unpaired) electrons. The smallest absolute Gasteiger partial charge is 0.416 e. The molecule has 1 aliphatic rings. The predicted molar refractivity (Wildman–Crippen MR) is 80.9 cm³/mol. The number of benzene rings is 1. The lowest BCUT2D eigenvalue weighted by molar-refractivity contribution is -0.147. The second-order valence-electron chi connectivity index (χ2n) is 6.43. The fraction of sp³-hybridized carbons (Fsp3) is 0.529. The number of hydrogen-bond acceptors (Lipinski definition) is 3. The lowest BCUT2D eigenvalue weighted by Crippen LogP contribution is -2.41. The first-order valence-electron chi connectivity index (χ1n) is 7.74. The Morgan fingerprint density at radius 2 is 2.08 bits per heavy atom. The highest BCUT2D eigenvalue weighted by Crippen LogP contribution is 2.34. The number of cyclic esters (lactones) is 1. The second kappa shape index (κ2) is 6.45. The number of alkyl halides is 3. The van der Waals surface area contributed by atoms with Crippen molar-refractivity contribution < 1.29 is 27.5 Å². The van der Waals surface area contributed by atoms with Crippen molar-refractivity contribution in [1.82, 2.24) is 5.32 Å². The molecule has 1 aromatic carbocycles. The molecule has 1 aliphatic heterocycles. The third-order valence-electron chi connectivity index (χ3n) is 4.24. The monoisotopic (exact) mass is 343 g/mol. The zero-order valence-corrected chi connectivity index (χ0v) is 13.7. The summed E-state index contributed by atoms with van der Waals surface area (Å²) in [7, 11) is 0. The van der Waals surface area contributed by atoms with E-state index in [1.165, 1.54) is 6.07 Å². The highest BCUT2D eigenvalue weighted by atomic mass is 19.4. The van der Waals surface area contributed by atoms with Crippen LogP contribution in [0.25, 0.3) is 0 Å². The van der Waals surface area contributed by atoms with E-state index in [-0.39, 0.29) is 6.42 Å². The van der Waals surface area contributed by atoms with Crippen LogP contribution in [0.4, 0.5) is 13.2 Å². The third-order valence-corrected chi connectivity index (χ3v) is 4.24. The molecule has 1 heterocycles. The summed E-state index contributed by atoms with van der Waals surface area (Å²) in [4.78, 5) is 23.9. The maximum absolute atomic E-state index is 12.8. The molecular weight excluding hydrogens is 323 g/mol. The van der Waals surface area contributed by atoms with Gasteiger partial charge >= 0.3 is 12.1 Å². The maximum Gasteiger partial charge on any atom is 0.416 e. The number of amides is 1. The standard InChI is InChI=1S/C17H20F3NO3/c1-4-13(10-6-5-7-11(8-10)17(18,19)20)21-15(23)12-9-14(22)24-16(12,2)3/h5-8,12-13H,4,9H2,1-3H3,(H,21,23). The highest BCUT2D eigenvalue weighted by molar-refractivity contribution is 5.87. The number of ether oxygens (including phenoxy) is 1. The molecule has 0 bridgehead atoms. The summed E-state index contributed by atoms with van der Waals surface area (Å²) >= 11 is 0. The number of carbonyl (C=O) groups is 2. The Morgan fingerprint density at radius 3 is 2.58 bits per heavy atom. The van der Waals surface area contributed by atoms with E-state index in [1.807, 2.05) is 0 Å². The molecule has 1 saturated heterocycles. The van der Waals surface area contributed by atoms with Gasteiger partial charge in [-0.3, -0.25) is 9.59 Å². The van der Waals surface area contributed by atoms with Crippen LogP contribution in [-0.2, 0) is 20.5 Å². The van der Waals surface area contributed by atoms with Crippen LogP contribution >= 0.6 is 0 Å². The van der Waals surface area contributed by atoms with Gasteiger partial charge in [0, 0.05) is 0 Å². The molecule has 1 amide bonds. The van der Waals surface area contributed by atoms with Gasteiger partial charge in [0.15, 0.2) is 0 Å². The fourth-order valence-electron chi connectivity index (χ4n) is 2.85. The van der Waals surface area contributed by atoms with E-state index in [4.69, 9.17) is 4.74 Å². The van der Waals surface area contributed by atoms with Crippen LogP contribution < -0.4 is 5.32 Å². The Balaban J connectivity index is 2.18. The van der Waals surface area contributed by atoms with Gasteiger partial charge in [-0.2, -0.15) is 13.2 Å². The molecule has 1 N–H and O–H groups in total. The van der Waals surface area contributed by atoms with Crippen molar-refractivity contribution in [3.8, 4) is 0 Å². The summed E-state index contributed by atoms with van der Waals surface area (Å²) in [6.07, 6.45) is -4.04. The Hall–Kier alpha value is -2.05. The molecule has 24 heavy (non-hydrogen) atoms. The van der Waals surface area contributed by atoms with Gasteiger partial charge in [0.25, 0.3) is 0 Å². The number of nitrogens with one attached hydrogen (secondary N) is 1. The van der Waals surface area contributed by atoms with Crippen LogP contribution in [0.5, 0.6) is 0 Å². The first-order valence-corrected chi connectivity index (χ1v) is 7.74. The maximum atomic E-state index is 12.8. The minimum atomic E-state index is -4.44. The normalized spacial score (nSPS) is 21.2. The molecule has 2 unspecified atom stereocenters. The summed E-state index contributed by atoms with van der Waals surface area (Å²) < 4.78 is 43.7. The van der Waals surface area contributed by atoms with Crippen LogP contribution in [0.1, 0.15) is 50.8 Å². The van der Waals surface area contributed by atoms with E-state index < -0.39 is 41.2 Å². The van der Waals surface area contributed by atoms with Crippen molar-refractivity contribution in [2.45, 2.75) is 51.4 Å². The molecule has 0 aromatic heterocycles. The second-order valence-corrected chi connectivity index (χ2v) is 6.43. The van der Waals surface area contributed by atoms with Gasteiger partial charge in [0.1, 0.15) is 5.60 Å². The fourth-order valence-corrected chi connectivity index (χ4v) is 2.85. The minimum absolute atomic E-state index is 0.0299. The molecular formula is C17H20F3NO3. The van der Waals surface area contributed by atoms with Crippen LogP contribution in [0.2, 0.25) is 0 Å². The zero-order chi connectivity index (χ0) is 18.1. The van der Waals surface area contributed by atoms with E-state index in [0.29, 0.717) is 12.0 Å². The lowest BCUT2D eigenvalue weighted by Gasteiger charge is -2.26. The molecule has 1 aromatic rings. The number of rotatable bonds is 4. The average molecular weight is 343 g/mol. The van der Waals surface area contributed by atoms with Gasteiger partial charge in [0.05, 0.1) is 23.9 Å². The quantitative estimate of drug-likeness (QED) is 0.850. The number of carbonyl (C=O) groups excluding carboxylic acids is 2. The molecule has 7 heteroatoms. The van der Waals surface area contributed by atoms with E-state index in [0.717, 1.165) is 12.1 Å². The molecule has 0 saturated carbocycles. The molecule has 2 rings (SSSR count). The van der Waals surface area contributed by atoms with Crippen molar-refractivity contribution in [2.75, 3.05) is 0 Å². The van der Waals surface area contributed by atoms with Crippen molar-refractivity contribution >= 4 is 11.9 Å². The van der Waals surface area contributed by atoms with Gasteiger partial charge < -0.3 is 10.1 Å². The molecule has 0 aliphatic carbocycles. The zero-order valence-electron chi connectivity index (χ0n) is 13.7. The minimum Gasteiger partial charge on any atom is -0.459 e. The van der Waals surface area contributed by atoms with Crippen molar-refractivity contribution in [3.63, 3.8) is 0 Å². The van der Waals surface area contributed by atoms with E-state index in [9.17, 15) is 22.8 Å². The number of esters is 1. The van der Waals surface area contributed by atoms with Crippen LogP contribution in [-0.4, -0.2) is 17.5 Å². The SMILES string of the molecule is CCC(NC(=O)C1CC(=O)OC1(C)C)c1cccc(C(F)(F)F)c1. The largest absolute Gasteiger partial charge is 0.459 e. The summed E-state index contributed by atoms with van der Waals surface area (Å²) in [6, 6.07) is 4.33. The average Bonchev–Trinajstić information content (AvgIpc) is 2.76. The summed E-state index contributed by atoms with van der Waals surface area (Å²) in [6.45, 7) is 5.06. The summed E-state index contributed by atoms with van der Waals surface area (Å²) in [5.74, 6) is -1.51. The third kappa shape index (κ3) is 3.88. The first-order chi connectivity index (χ1) is 11.0. The van der Waals surface area contributed by atoms with Crippen molar-refractivity contribution in [1.29, 1.82) is 0 Å². The van der Waals surface area contributed by atoms with Crippen molar-refractivity contribution in [3.05, 3.63) is 35.4 Å². The highest BCUT2D eigenvalue weighted by Gasteiger charge is 2.46. The first kappa shape index (κ1) is 18.3. The van der Waals surface area contributed by atoms with E-state index in [1.54, 1.807) is 26.8 Å². The van der Waals surface area contributed by atoms with Gasteiger partial charge in [-0.25, -0.2) is 0 Å². The molecule has 0 spiro atoms. The molecule has 2 atom stereocenters. The summed E-state index contributed by atoms with van der Waals surface area (Å²) in [5, 5.41) is 2.74. The molecule has 4 nitrogen and oxygen atoms in total. The van der Waals surface area contributed by atoms with Crippen LogP contribution in [0.3, 0.4) is 0 Å². The van der Waals surface area contributed by atoms with Crippen LogP contribution in [0.15, 0.2) is 24.3 Å². The van der Waals surface area contributed by atoms with Gasteiger partial charge in [-0.15, -0.1) is 0 Å². The van der Waals surface area contributed by atoms with Gasteiger partial charge in [-0.1, -0.05) is 19.1 Å². The number of hydrogen-bond donors (Lipinski definition) is 1. The van der Waals surface area contributed by atoms with Gasteiger partial charge in [-0.05, 0) is 38.0 Å². The van der Waals surface area contributed by atoms with Crippen LogP contribution in [0, 0.1) is 5.92 Å². The Morgan fingerprint density at radius 1 is 1.42 bits per heavy atom. The Kier molecular flexibility index (Phi) is 4.92. The van der Waals surface area contributed by atoms with E-state index in [2.05, 4.69) is 5.32 Å². The Labute approximate surface area is 138 Å². The van der Waals surface area contributed by atoms with Crippen molar-refractivity contribution in [2.24, 2.45) is 5.92 Å². The van der Waals surface area contributed by atoms with Gasteiger partial charge in [0.2, 0.25) is 5.91 Å². The van der Waals surface area contributed by atoms with E-state index >= 15 is 0 Å². The predicted octanol–water partition coefficient (Wildman–Crippen LogP) is 3.61. The topological polar surface area (TPSA) is 55.4 Å². The summed E-state index contributed by atoms with van der Waals surface area (Å²) in [5.41, 5.74) is -1.30. The molecule has 1 fully saturated rings.